The Labute approximate surface area is 116 Å². The molecule has 0 unspecified atom stereocenters. The summed E-state index contributed by atoms with van der Waals surface area (Å²) >= 11 is 0. The molecule has 19 heavy (non-hydrogen) atoms. The van der Waals surface area contributed by atoms with Gasteiger partial charge >= 0.3 is 0 Å². The SMILES string of the molecule is Cc1c(C2CCCC2)cc(N)c(C2CCCC2)c1N. The molecular weight excluding hydrogens is 232 g/mol. The average molecular weight is 258 g/mol. The van der Waals surface area contributed by atoms with Gasteiger partial charge < -0.3 is 11.5 Å². The highest BCUT2D eigenvalue weighted by atomic mass is 14.6. The van der Waals surface area contributed by atoms with Crippen LogP contribution in [-0.4, -0.2) is 0 Å². The molecule has 2 heteroatoms. The Morgan fingerprint density at radius 1 is 0.895 bits per heavy atom. The molecule has 2 aliphatic carbocycles. The van der Waals surface area contributed by atoms with Gasteiger partial charge in [-0.25, -0.2) is 0 Å². The van der Waals surface area contributed by atoms with E-state index in [9.17, 15) is 0 Å². The minimum Gasteiger partial charge on any atom is -0.398 e. The fourth-order valence-electron chi connectivity index (χ4n) is 4.20. The van der Waals surface area contributed by atoms with Crippen molar-refractivity contribution in [3.8, 4) is 0 Å². The summed E-state index contributed by atoms with van der Waals surface area (Å²) in [7, 11) is 0. The van der Waals surface area contributed by atoms with Crippen LogP contribution in [0.4, 0.5) is 11.4 Å². The van der Waals surface area contributed by atoms with Crippen LogP contribution in [0.15, 0.2) is 6.07 Å². The van der Waals surface area contributed by atoms with Crippen molar-refractivity contribution in [1.82, 2.24) is 0 Å². The first kappa shape index (κ1) is 12.8. The topological polar surface area (TPSA) is 52.0 Å². The van der Waals surface area contributed by atoms with E-state index < -0.39 is 0 Å². The second-order valence-corrected chi connectivity index (χ2v) is 6.47. The number of hydrogen-bond donors (Lipinski definition) is 2. The molecule has 3 rings (SSSR count). The first-order valence-electron chi connectivity index (χ1n) is 7.87. The normalized spacial score (nSPS) is 21.3. The van der Waals surface area contributed by atoms with E-state index in [2.05, 4.69) is 13.0 Å². The highest BCUT2D eigenvalue weighted by Gasteiger charge is 2.26. The van der Waals surface area contributed by atoms with Gasteiger partial charge in [0.05, 0.1) is 0 Å². The molecule has 1 aromatic carbocycles. The van der Waals surface area contributed by atoms with Crippen LogP contribution in [0, 0.1) is 6.92 Å². The summed E-state index contributed by atoms with van der Waals surface area (Å²) in [6.07, 6.45) is 10.5. The van der Waals surface area contributed by atoms with Gasteiger partial charge in [0.25, 0.3) is 0 Å². The Kier molecular flexibility index (Phi) is 3.42. The third kappa shape index (κ3) is 2.22. The van der Waals surface area contributed by atoms with E-state index in [0.717, 1.165) is 11.4 Å². The lowest BCUT2D eigenvalue weighted by Crippen LogP contribution is -2.09. The minimum absolute atomic E-state index is 0.608. The lowest BCUT2D eigenvalue weighted by molar-refractivity contribution is 0.708. The van der Waals surface area contributed by atoms with Crippen molar-refractivity contribution in [2.75, 3.05) is 11.5 Å². The molecular formula is C17H26N2. The van der Waals surface area contributed by atoms with E-state index in [4.69, 9.17) is 11.5 Å². The van der Waals surface area contributed by atoms with E-state index in [1.165, 1.54) is 68.1 Å². The summed E-state index contributed by atoms with van der Waals surface area (Å²) in [6.45, 7) is 2.20. The van der Waals surface area contributed by atoms with Crippen molar-refractivity contribution >= 4 is 11.4 Å². The van der Waals surface area contributed by atoms with Crippen LogP contribution in [0.25, 0.3) is 0 Å². The molecule has 0 spiro atoms. The maximum atomic E-state index is 6.45. The molecule has 0 aromatic heterocycles. The van der Waals surface area contributed by atoms with E-state index in [0.29, 0.717) is 11.8 Å². The molecule has 104 valence electrons. The zero-order valence-corrected chi connectivity index (χ0v) is 12.0. The standard InChI is InChI=1S/C17H26N2/c1-11-14(12-6-2-3-7-12)10-15(18)16(17(11)19)13-8-4-5-9-13/h10,12-13H,2-9,18-19H2,1H3. The largest absolute Gasteiger partial charge is 0.398 e. The zero-order valence-electron chi connectivity index (χ0n) is 12.0. The number of nitrogens with two attached hydrogens (primary N) is 2. The minimum atomic E-state index is 0.608. The molecule has 4 N–H and O–H groups in total. The quantitative estimate of drug-likeness (QED) is 0.769. The maximum absolute atomic E-state index is 6.45. The molecule has 0 saturated heterocycles. The maximum Gasteiger partial charge on any atom is 0.0402 e. The van der Waals surface area contributed by atoms with Gasteiger partial charge in [-0.15, -0.1) is 0 Å². The summed E-state index contributed by atoms with van der Waals surface area (Å²) in [5, 5.41) is 0. The number of rotatable bonds is 2. The molecule has 0 aliphatic heterocycles. The zero-order chi connectivity index (χ0) is 13.4. The van der Waals surface area contributed by atoms with Gasteiger partial charge in [-0.2, -0.15) is 0 Å². The van der Waals surface area contributed by atoms with Gasteiger partial charge in [-0.1, -0.05) is 25.7 Å². The highest BCUT2D eigenvalue weighted by Crippen LogP contribution is 2.45. The summed E-state index contributed by atoms with van der Waals surface area (Å²) in [5.41, 5.74) is 18.8. The summed E-state index contributed by atoms with van der Waals surface area (Å²) in [5.74, 6) is 1.30. The van der Waals surface area contributed by atoms with Crippen molar-refractivity contribution < 1.29 is 0 Å². The Morgan fingerprint density at radius 2 is 1.42 bits per heavy atom. The van der Waals surface area contributed by atoms with Crippen LogP contribution in [0.3, 0.4) is 0 Å². The summed E-state index contributed by atoms with van der Waals surface area (Å²) in [4.78, 5) is 0. The predicted molar refractivity (Wildman–Crippen MR) is 82.4 cm³/mol. The molecule has 2 saturated carbocycles. The molecule has 0 amide bonds. The third-order valence-corrected chi connectivity index (χ3v) is 5.31. The second kappa shape index (κ2) is 5.07. The lowest BCUT2D eigenvalue weighted by Gasteiger charge is -2.22. The van der Waals surface area contributed by atoms with Crippen LogP contribution in [0.5, 0.6) is 0 Å². The van der Waals surface area contributed by atoms with Crippen molar-refractivity contribution in [1.29, 1.82) is 0 Å². The Morgan fingerprint density at radius 3 is 2.00 bits per heavy atom. The molecule has 1 aromatic rings. The summed E-state index contributed by atoms with van der Waals surface area (Å²) < 4.78 is 0. The van der Waals surface area contributed by atoms with Crippen LogP contribution in [0.2, 0.25) is 0 Å². The van der Waals surface area contributed by atoms with Gasteiger partial charge in [-0.05, 0) is 61.6 Å². The van der Waals surface area contributed by atoms with Crippen LogP contribution >= 0.6 is 0 Å². The molecule has 2 fully saturated rings. The predicted octanol–water partition coefficient (Wildman–Crippen LogP) is 4.47. The van der Waals surface area contributed by atoms with Crippen LogP contribution in [0.1, 0.15) is 79.9 Å². The fourth-order valence-corrected chi connectivity index (χ4v) is 4.20. The summed E-state index contributed by atoms with van der Waals surface area (Å²) in [6, 6.07) is 2.25. The van der Waals surface area contributed by atoms with Crippen molar-refractivity contribution in [2.45, 2.75) is 70.1 Å². The van der Waals surface area contributed by atoms with E-state index in [-0.39, 0.29) is 0 Å². The van der Waals surface area contributed by atoms with E-state index in [1.54, 1.807) is 0 Å². The van der Waals surface area contributed by atoms with Crippen molar-refractivity contribution in [2.24, 2.45) is 0 Å². The number of benzene rings is 1. The van der Waals surface area contributed by atoms with E-state index in [1.807, 2.05) is 0 Å². The van der Waals surface area contributed by atoms with Crippen LogP contribution < -0.4 is 11.5 Å². The van der Waals surface area contributed by atoms with Crippen LogP contribution in [-0.2, 0) is 0 Å². The Hall–Kier alpha value is -1.18. The van der Waals surface area contributed by atoms with Crippen molar-refractivity contribution in [3.05, 3.63) is 22.8 Å². The molecule has 0 atom stereocenters. The van der Waals surface area contributed by atoms with Gasteiger partial charge in [0, 0.05) is 16.9 Å². The van der Waals surface area contributed by atoms with Gasteiger partial charge in [0.1, 0.15) is 0 Å². The Balaban J connectivity index is 2.01. The Bertz CT molecular complexity index is 467. The molecule has 0 heterocycles. The number of nitrogen functional groups attached to an aromatic ring is 2. The van der Waals surface area contributed by atoms with Gasteiger partial charge in [0.15, 0.2) is 0 Å². The van der Waals surface area contributed by atoms with Crippen molar-refractivity contribution in [3.63, 3.8) is 0 Å². The molecule has 2 aliphatic rings. The highest BCUT2D eigenvalue weighted by molar-refractivity contribution is 5.69. The fraction of sp³-hybridized carbons (Fsp3) is 0.647. The molecule has 0 radical (unpaired) electrons. The third-order valence-electron chi connectivity index (χ3n) is 5.31. The lowest BCUT2D eigenvalue weighted by atomic mass is 9.85. The first-order valence-corrected chi connectivity index (χ1v) is 7.87. The second-order valence-electron chi connectivity index (χ2n) is 6.47. The van der Waals surface area contributed by atoms with Gasteiger partial charge in [-0.3, -0.25) is 0 Å². The smallest absolute Gasteiger partial charge is 0.0402 e. The van der Waals surface area contributed by atoms with Gasteiger partial charge in [0.2, 0.25) is 0 Å². The molecule has 0 bridgehead atoms. The first-order chi connectivity index (χ1) is 9.18. The monoisotopic (exact) mass is 258 g/mol. The average Bonchev–Trinajstić information content (AvgIpc) is 3.06. The van der Waals surface area contributed by atoms with E-state index >= 15 is 0 Å². The molecule has 2 nitrogen and oxygen atoms in total. The number of hydrogen-bond acceptors (Lipinski definition) is 2. The number of anilines is 2.